The highest BCUT2D eigenvalue weighted by Crippen LogP contribution is 2.21. The molecular weight excluding hydrogens is 174 g/mol. The van der Waals surface area contributed by atoms with Gasteiger partial charge in [-0.25, -0.2) is 0 Å². The Balaban J connectivity index is 3.10. The predicted molar refractivity (Wildman–Crippen MR) is 48.4 cm³/mol. The Kier molecular flexibility index (Phi) is 2.83. The molecule has 0 bridgehead atoms. The van der Waals surface area contributed by atoms with Crippen LogP contribution in [0, 0.1) is 6.92 Å². The molecule has 12 heavy (non-hydrogen) atoms. The number of carbonyl (C=O) groups is 1. The summed E-state index contributed by atoms with van der Waals surface area (Å²) in [5, 5.41) is 13.3. The Morgan fingerprint density at radius 2 is 2.42 bits per heavy atom. The first-order valence-corrected chi connectivity index (χ1v) is 4.48. The van der Waals surface area contributed by atoms with E-state index in [1.165, 1.54) is 11.3 Å². The summed E-state index contributed by atoms with van der Waals surface area (Å²) in [6.07, 6.45) is 0. The first kappa shape index (κ1) is 9.22. The molecule has 0 unspecified atom stereocenters. The second-order valence-corrected chi connectivity index (χ2v) is 3.42. The van der Waals surface area contributed by atoms with E-state index < -0.39 is 0 Å². The Bertz CT molecular complexity index is 293. The largest absolute Gasteiger partial charge is 0.391 e. The van der Waals surface area contributed by atoms with Crippen LogP contribution in [-0.2, 0) is 6.61 Å². The lowest BCUT2D eigenvalue weighted by Gasteiger charge is -2.00. The van der Waals surface area contributed by atoms with Gasteiger partial charge in [-0.05, 0) is 17.9 Å². The lowest BCUT2D eigenvalue weighted by atomic mass is 10.1. The number of hydrogen-bond donors (Lipinski definition) is 2. The summed E-state index contributed by atoms with van der Waals surface area (Å²) in [6, 6.07) is 0. The second kappa shape index (κ2) is 3.69. The van der Waals surface area contributed by atoms with Crippen molar-refractivity contribution in [3.63, 3.8) is 0 Å². The average Bonchev–Trinajstić information content (AvgIpc) is 2.45. The molecule has 0 atom stereocenters. The molecule has 0 spiro atoms. The molecule has 0 radical (unpaired) electrons. The molecule has 1 amide bonds. The van der Waals surface area contributed by atoms with Crippen LogP contribution in [0.25, 0.3) is 0 Å². The molecule has 0 fully saturated rings. The summed E-state index contributed by atoms with van der Waals surface area (Å²) in [5.41, 5.74) is 1.54. The van der Waals surface area contributed by atoms with Crippen LogP contribution in [0.15, 0.2) is 5.38 Å². The van der Waals surface area contributed by atoms with Crippen molar-refractivity contribution in [3.05, 3.63) is 21.4 Å². The maximum Gasteiger partial charge on any atom is 0.252 e. The highest BCUT2D eigenvalue weighted by atomic mass is 32.1. The monoisotopic (exact) mass is 185 g/mol. The molecule has 4 heteroatoms. The zero-order valence-electron chi connectivity index (χ0n) is 7.05. The smallest absolute Gasteiger partial charge is 0.252 e. The maximum absolute atomic E-state index is 11.3. The Morgan fingerprint density at radius 3 is 2.92 bits per heavy atom. The van der Waals surface area contributed by atoms with Gasteiger partial charge in [0.2, 0.25) is 0 Å². The van der Waals surface area contributed by atoms with E-state index in [4.69, 9.17) is 5.11 Å². The molecule has 1 aromatic rings. The molecule has 3 nitrogen and oxygen atoms in total. The number of aryl methyl sites for hydroxylation is 1. The zero-order valence-corrected chi connectivity index (χ0v) is 7.86. The molecule has 0 aromatic carbocycles. The van der Waals surface area contributed by atoms with Crippen molar-refractivity contribution in [3.8, 4) is 0 Å². The fourth-order valence-electron chi connectivity index (χ4n) is 1.04. The molecule has 0 aliphatic carbocycles. The average molecular weight is 185 g/mol. The minimum Gasteiger partial charge on any atom is -0.391 e. The molecule has 0 aliphatic heterocycles. The van der Waals surface area contributed by atoms with E-state index in [0.29, 0.717) is 5.56 Å². The van der Waals surface area contributed by atoms with Gasteiger partial charge in [-0.2, -0.15) is 0 Å². The van der Waals surface area contributed by atoms with Crippen LogP contribution < -0.4 is 5.32 Å². The minimum atomic E-state index is -0.127. The van der Waals surface area contributed by atoms with Gasteiger partial charge in [-0.3, -0.25) is 4.79 Å². The standard InChI is InChI=1S/C8H11NO2S/c1-5-4-12-6(3-10)7(5)8(11)9-2/h4,10H,3H2,1-2H3,(H,9,11). The number of rotatable bonds is 2. The lowest BCUT2D eigenvalue weighted by molar-refractivity contribution is 0.0960. The first-order valence-electron chi connectivity index (χ1n) is 3.60. The van der Waals surface area contributed by atoms with Gasteiger partial charge in [-0.1, -0.05) is 0 Å². The summed E-state index contributed by atoms with van der Waals surface area (Å²) in [6.45, 7) is 1.79. The SMILES string of the molecule is CNC(=O)c1c(C)csc1CO. The van der Waals surface area contributed by atoms with E-state index >= 15 is 0 Å². The van der Waals surface area contributed by atoms with Crippen molar-refractivity contribution in [1.82, 2.24) is 5.32 Å². The van der Waals surface area contributed by atoms with Crippen molar-refractivity contribution >= 4 is 17.2 Å². The van der Waals surface area contributed by atoms with Crippen LogP contribution in [0.4, 0.5) is 0 Å². The molecular formula is C8H11NO2S. The van der Waals surface area contributed by atoms with Crippen LogP contribution in [0.3, 0.4) is 0 Å². The Morgan fingerprint density at radius 1 is 1.75 bits per heavy atom. The summed E-state index contributed by atoms with van der Waals surface area (Å²) >= 11 is 1.41. The molecule has 1 rings (SSSR count). The quantitative estimate of drug-likeness (QED) is 0.719. The van der Waals surface area contributed by atoms with Crippen molar-refractivity contribution in [2.75, 3.05) is 7.05 Å². The van der Waals surface area contributed by atoms with Gasteiger partial charge >= 0.3 is 0 Å². The van der Waals surface area contributed by atoms with Crippen molar-refractivity contribution < 1.29 is 9.90 Å². The van der Waals surface area contributed by atoms with E-state index in [-0.39, 0.29) is 12.5 Å². The lowest BCUT2D eigenvalue weighted by Crippen LogP contribution is -2.19. The summed E-state index contributed by atoms with van der Waals surface area (Å²) in [4.78, 5) is 12.0. The first-order chi connectivity index (χ1) is 5.70. The van der Waals surface area contributed by atoms with Gasteiger partial charge in [-0.15, -0.1) is 11.3 Å². The third-order valence-corrected chi connectivity index (χ3v) is 2.74. The number of nitrogens with one attached hydrogen (secondary N) is 1. The van der Waals surface area contributed by atoms with Gasteiger partial charge in [0.25, 0.3) is 5.91 Å². The number of thiophene rings is 1. The number of hydrogen-bond acceptors (Lipinski definition) is 3. The van der Waals surface area contributed by atoms with E-state index in [1.54, 1.807) is 7.05 Å². The highest BCUT2D eigenvalue weighted by Gasteiger charge is 2.13. The molecule has 66 valence electrons. The molecule has 0 saturated carbocycles. The topological polar surface area (TPSA) is 49.3 Å². The van der Waals surface area contributed by atoms with Crippen molar-refractivity contribution in [2.45, 2.75) is 13.5 Å². The summed E-state index contributed by atoms with van der Waals surface area (Å²) in [7, 11) is 1.58. The number of carbonyl (C=O) groups excluding carboxylic acids is 1. The maximum atomic E-state index is 11.3. The molecule has 0 saturated heterocycles. The van der Waals surface area contributed by atoms with E-state index in [0.717, 1.165) is 10.4 Å². The van der Waals surface area contributed by atoms with Crippen LogP contribution in [0.5, 0.6) is 0 Å². The fraction of sp³-hybridized carbons (Fsp3) is 0.375. The van der Waals surface area contributed by atoms with Gasteiger partial charge in [0, 0.05) is 11.9 Å². The van der Waals surface area contributed by atoms with Gasteiger partial charge < -0.3 is 10.4 Å². The molecule has 2 N–H and O–H groups in total. The van der Waals surface area contributed by atoms with Gasteiger partial charge in [0.05, 0.1) is 12.2 Å². The van der Waals surface area contributed by atoms with Crippen molar-refractivity contribution in [2.24, 2.45) is 0 Å². The van der Waals surface area contributed by atoms with Crippen molar-refractivity contribution in [1.29, 1.82) is 0 Å². The fourth-order valence-corrected chi connectivity index (χ4v) is 1.93. The summed E-state index contributed by atoms with van der Waals surface area (Å²) in [5.74, 6) is -0.127. The van der Waals surface area contributed by atoms with Gasteiger partial charge in [0.15, 0.2) is 0 Å². The molecule has 1 heterocycles. The number of amides is 1. The van der Waals surface area contributed by atoms with E-state index in [9.17, 15) is 4.79 Å². The van der Waals surface area contributed by atoms with E-state index in [1.807, 2.05) is 12.3 Å². The Hall–Kier alpha value is -0.870. The van der Waals surface area contributed by atoms with Crippen LogP contribution in [0.1, 0.15) is 20.8 Å². The van der Waals surface area contributed by atoms with E-state index in [2.05, 4.69) is 5.32 Å². The third kappa shape index (κ3) is 1.49. The molecule has 1 aromatic heterocycles. The molecule has 0 aliphatic rings. The zero-order chi connectivity index (χ0) is 9.14. The highest BCUT2D eigenvalue weighted by molar-refractivity contribution is 7.10. The normalized spacial score (nSPS) is 9.92. The number of aliphatic hydroxyl groups excluding tert-OH is 1. The second-order valence-electron chi connectivity index (χ2n) is 2.45. The van der Waals surface area contributed by atoms with Crippen LogP contribution in [0.2, 0.25) is 0 Å². The predicted octanol–water partition coefficient (Wildman–Crippen LogP) is 0.908. The number of aliphatic hydroxyl groups is 1. The van der Waals surface area contributed by atoms with Crippen LogP contribution >= 0.6 is 11.3 Å². The van der Waals surface area contributed by atoms with Crippen LogP contribution in [-0.4, -0.2) is 18.1 Å². The van der Waals surface area contributed by atoms with Gasteiger partial charge in [0.1, 0.15) is 0 Å². The third-order valence-electron chi connectivity index (χ3n) is 1.65. The summed E-state index contributed by atoms with van der Waals surface area (Å²) < 4.78 is 0. The Labute approximate surface area is 75.0 Å². The minimum absolute atomic E-state index is 0.0682.